The van der Waals surface area contributed by atoms with E-state index in [4.69, 9.17) is 16.6 Å². The van der Waals surface area contributed by atoms with Crippen LogP contribution in [0.15, 0.2) is 69.9 Å². The Labute approximate surface area is 174 Å². The molecule has 0 heterocycles. The Morgan fingerprint density at radius 1 is 1.04 bits per heavy atom. The van der Waals surface area contributed by atoms with Crippen LogP contribution in [0.3, 0.4) is 0 Å². The van der Waals surface area contributed by atoms with Crippen LogP contribution in [0.5, 0.6) is 0 Å². The molecule has 0 saturated heterocycles. The number of halogens is 2. The van der Waals surface area contributed by atoms with E-state index in [2.05, 4.69) is 6.08 Å². The molecule has 0 aromatic heterocycles. The zero-order chi connectivity index (χ0) is 18.9. The molecule has 1 nitrogen and oxygen atoms in total. The topological polar surface area (TPSA) is 12.4 Å². The van der Waals surface area contributed by atoms with Gasteiger partial charge in [-0.3, -0.25) is 0 Å². The van der Waals surface area contributed by atoms with Crippen molar-refractivity contribution in [3.05, 3.63) is 70.9 Å². The lowest BCUT2D eigenvalue weighted by atomic mass is 9.91. The number of thioether (sulfide) groups is 2. The number of hydrogen-bond acceptors (Lipinski definition) is 3. The van der Waals surface area contributed by atoms with Crippen molar-refractivity contribution in [3.63, 3.8) is 0 Å². The molecule has 5 heteroatoms. The monoisotopic (exact) mass is 419 g/mol. The number of aliphatic imine (C=N–C) groups is 1. The van der Waals surface area contributed by atoms with Gasteiger partial charge in [-0.2, -0.15) is 0 Å². The molecule has 1 saturated carbocycles. The average molecular weight is 420 g/mol. The first-order valence-electron chi connectivity index (χ1n) is 9.25. The second kappa shape index (κ2) is 10.9. The van der Waals surface area contributed by atoms with E-state index in [0.29, 0.717) is 5.02 Å². The van der Waals surface area contributed by atoms with Crippen molar-refractivity contribution in [1.82, 2.24) is 0 Å². The van der Waals surface area contributed by atoms with Crippen LogP contribution in [-0.4, -0.2) is 10.8 Å². The Morgan fingerprint density at radius 3 is 2.44 bits per heavy atom. The number of rotatable bonds is 6. The van der Waals surface area contributed by atoms with E-state index in [0.717, 1.165) is 27.3 Å². The highest BCUT2D eigenvalue weighted by Gasteiger charge is 2.14. The summed E-state index contributed by atoms with van der Waals surface area (Å²) in [5.41, 5.74) is 0.905. The van der Waals surface area contributed by atoms with Crippen LogP contribution in [0, 0.1) is 11.7 Å². The van der Waals surface area contributed by atoms with Crippen molar-refractivity contribution in [2.75, 3.05) is 5.75 Å². The van der Waals surface area contributed by atoms with Crippen molar-refractivity contribution < 1.29 is 4.39 Å². The van der Waals surface area contributed by atoms with Crippen molar-refractivity contribution in [3.8, 4) is 0 Å². The summed E-state index contributed by atoms with van der Waals surface area (Å²) in [6.07, 6.45) is 8.79. The smallest absolute Gasteiger partial charge is 0.123 e. The van der Waals surface area contributed by atoms with Crippen LogP contribution in [-0.2, 0) is 0 Å². The molecule has 0 amide bonds. The molecule has 0 N–H and O–H groups in total. The lowest BCUT2D eigenvalue weighted by molar-refractivity contribution is 0.391. The summed E-state index contributed by atoms with van der Waals surface area (Å²) in [7, 11) is 0. The molecule has 27 heavy (non-hydrogen) atoms. The SMILES string of the molecule is Fc1ccc(SC=CC(=Nc2ccc(Cl)cc2)SCC2CCCCC2)cc1. The first-order valence-corrected chi connectivity index (χ1v) is 11.5. The van der Waals surface area contributed by atoms with E-state index >= 15 is 0 Å². The maximum atomic E-state index is 13.0. The maximum Gasteiger partial charge on any atom is 0.123 e. The zero-order valence-corrected chi connectivity index (χ0v) is 17.5. The molecule has 0 bridgehead atoms. The fourth-order valence-corrected chi connectivity index (χ4v) is 4.93. The van der Waals surface area contributed by atoms with Crippen molar-refractivity contribution >= 4 is 45.9 Å². The molecule has 2 aromatic rings. The minimum atomic E-state index is -0.212. The lowest BCUT2D eigenvalue weighted by Crippen LogP contribution is -2.09. The Kier molecular flexibility index (Phi) is 8.31. The second-order valence-electron chi connectivity index (χ2n) is 6.62. The Bertz CT molecular complexity index is 766. The molecular weight excluding hydrogens is 397 g/mol. The van der Waals surface area contributed by atoms with Crippen LogP contribution in [0.25, 0.3) is 0 Å². The third-order valence-corrected chi connectivity index (χ3v) is 6.72. The first kappa shape index (κ1) is 20.5. The molecule has 142 valence electrons. The van der Waals surface area contributed by atoms with E-state index in [9.17, 15) is 4.39 Å². The van der Waals surface area contributed by atoms with Crippen LogP contribution in [0.2, 0.25) is 5.02 Å². The summed E-state index contributed by atoms with van der Waals surface area (Å²) in [5, 5.41) is 3.74. The van der Waals surface area contributed by atoms with Gasteiger partial charge in [0, 0.05) is 15.7 Å². The minimum absolute atomic E-state index is 0.212. The Hall–Kier alpha value is -1.23. The van der Waals surface area contributed by atoms with Gasteiger partial charge in [0.15, 0.2) is 0 Å². The Balaban J connectivity index is 1.66. The normalized spacial score (nSPS) is 16.1. The van der Waals surface area contributed by atoms with E-state index in [1.807, 2.05) is 41.4 Å². The van der Waals surface area contributed by atoms with Gasteiger partial charge in [-0.25, -0.2) is 9.38 Å². The van der Waals surface area contributed by atoms with Gasteiger partial charge in [-0.05, 0) is 78.8 Å². The molecule has 0 aliphatic heterocycles. The van der Waals surface area contributed by atoms with Crippen LogP contribution < -0.4 is 0 Å². The first-order chi connectivity index (χ1) is 13.2. The summed E-state index contributed by atoms with van der Waals surface area (Å²) in [5.74, 6) is 1.69. The van der Waals surface area contributed by atoms with Crippen molar-refractivity contribution in [2.45, 2.75) is 37.0 Å². The van der Waals surface area contributed by atoms with E-state index in [1.54, 1.807) is 23.9 Å². The highest BCUT2D eigenvalue weighted by molar-refractivity contribution is 8.14. The largest absolute Gasteiger partial charge is 0.242 e. The molecule has 0 radical (unpaired) electrons. The molecule has 0 unspecified atom stereocenters. The van der Waals surface area contributed by atoms with Gasteiger partial charge in [-0.1, -0.05) is 42.6 Å². The summed E-state index contributed by atoms with van der Waals surface area (Å²) in [6, 6.07) is 14.1. The molecule has 0 atom stereocenters. The number of benzene rings is 2. The highest BCUT2D eigenvalue weighted by Crippen LogP contribution is 2.29. The van der Waals surface area contributed by atoms with Gasteiger partial charge in [0.1, 0.15) is 5.82 Å². The molecule has 2 aromatic carbocycles. The number of nitrogens with zero attached hydrogens (tertiary/aromatic N) is 1. The third-order valence-electron chi connectivity index (χ3n) is 4.49. The summed E-state index contributed by atoms with van der Waals surface area (Å²) in [4.78, 5) is 5.80. The van der Waals surface area contributed by atoms with E-state index in [-0.39, 0.29) is 5.82 Å². The average Bonchev–Trinajstić information content (AvgIpc) is 2.70. The fraction of sp³-hybridized carbons (Fsp3) is 0.318. The molecule has 3 rings (SSSR count). The van der Waals surface area contributed by atoms with Crippen molar-refractivity contribution in [2.24, 2.45) is 10.9 Å². The molecule has 0 spiro atoms. The maximum absolute atomic E-state index is 13.0. The van der Waals surface area contributed by atoms with Gasteiger partial charge in [0.05, 0.1) is 10.7 Å². The minimum Gasteiger partial charge on any atom is -0.242 e. The van der Waals surface area contributed by atoms with E-state index in [1.165, 1.54) is 44.2 Å². The molecule has 1 aliphatic rings. The van der Waals surface area contributed by atoms with Gasteiger partial charge >= 0.3 is 0 Å². The summed E-state index contributed by atoms with van der Waals surface area (Å²) < 4.78 is 13.0. The van der Waals surface area contributed by atoms with Gasteiger partial charge < -0.3 is 0 Å². The zero-order valence-electron chi connectivity index (χ0n) is 15.1. The standard InChI is InChI=1S/C22H23ClFNS2/c23-18-6-10-20(11-7-18)25-22(27-16-17-4-2-1-3-5-17)14-15-26-21-12-8-19(24)9-13-21/h6-15,17H,1-5,16H2. The molecule has 1 fully saturated rings. The number of hydrogen-bond donors (Lipinski definition) is 0. The molecule has 1 aliphatic carbocycles. The quantitative estimate of drug-likeness (QED) is 0.266. The van der Waals surface area contributed by atoms with E-state index < -0.39 is 0 Å². The predicted molar refractivity (Wildman–Crippen MR) is 119 cm³/mol. The lowest BCUT2D eigenvalue weighted by Gasteiger charge is -2.20. The predicted octanol–water partition coefficient (Wildman–Crippen LogP) is 8.13. The highest BCUT2D eigenvalue weighted by atomic mass is 35.5. The van der Waals surface area contributed by atoms with Crippen LogP contribution in [0.1, 0.15) is 32.1 Å². The van der Waals surface area contributed by atoms with Gasteiger partial charge in [0.25, 0.3) is 0 Å². The second-order valence-corrected chi connectivity index (χ2v) is 9.07. The summed E-state index contributed by atoms with van der Waals surface area (Å²) >= 11 is 9.37. The summed E-state index contributed by atoms with van der Waals surface area (Å²) in [6.45, 7) is 0. The van der Waals surface area contributed by atoms with Crippen molar-refractivity contribution in [1.29, 1.82) is 0 Å². The van der Waals surface area contributed by atoms with Crippen LogP contribution in [0.4, 0.5) is 10.1 Å². The van der Waals surface area contributed by atoms with Crippen LogP contribution >= 0.6 is 35.1 Å². The van der Waals surface area contributed by atoms with Gasteiger partial charge in [0.2, 0.25) is 0 Å². The molecular formula is C22H23ClFNS2. The van der Waals surface area contributed by atoms with Gasteiger partial charge in [-0.15, -0.1) is 11.8 Å². The Morgan fingerprint density at radius 2 is 1.74 bits per heavy atom. The fourth-order valence-electron chi connectivity index (χ4n) is 3.00. The third kappa shape index (κ3) is 7.36.